The molecule has 7 nitrogen and oxygen atoms in total. The van der Waals surface area contributed by atoms with Crippen molar-refractivity contribution in [2.45, 2.75) is 13.3 Å². The lowest BCUT2D eigenvalue weighted by Gasteiger charge is -2.05. The van der Waals surface area contributed by atoms with Gasteiger partial charge in [0.1, 0.15) is 5.69 Å². The molecular weight excluding hydrogens is 323 g/mol. The number of aryl methyl sites for hydroxylation is 1. The number of hydrogen-bond donors (Lipinski definition) is 0. The zero-order valence-electron chi connectivity index (χ0n) is 9.76. The quantitative estimate of drug-likeness (QED) is 0.850. The summed E-state index contributed by atoms with van der Waals surface area (Å²) in [5.41, 5.74) is 0.612. The summed E-state index contributed by atoms with van der Waals surface area (Å²) in [4.78, 5) is 12.1. The van der Waals surface area contributed by atoms with Crippen LogP contribution >= 0.6 is 27.5 Å². The predicted molar refractivity (Wildman–Crippen MR) is 68.3 cm³/mol. The summed E-state index contributed by atoms with van der Waals surface area (Å²) in [6, 6.07) is 0.194. The molecule has 2 heterocycles. The molecule has 0 N–H and O–H groups in total. The third-order valence-corrected chi connectivity index (χ3v) is 2.72. The maximum Gasteiger partial charge on any atom is 0.321 e. The van der Waals surface area contributed by atoms with Crippen molar-refractivity contribution in [3.63, 3.8) is 0 Å². The molecule has 0 aliphatic rings. The second kappa shape index (κ2) is 5.57. The van der Waals surface area contributed by atoms with Crippen molar-refractivity contribution in [2.24, 2.45) is 7.05 Å². The Morgan fingerprint density at radius 1 is 1.33 bits per heavy atom. The zero-order chi connectivity index (χ0) is 13.1. The molecule has 0 radical (unpaired) electrons. The van der Waals surface area contributed by atoms with Gasteiger partial charge in [0.25, 0.3) is 0 Å². The lowest BCUT2D eigenvalue weighted by Crippen LogP contribution is -2.05. The van der Waals surface area contributed by atoms with E-state index in [-0.39, 0.29) is 11.3 Å². The van der Waals surface area contributed by atoms with Crippen molar-refractivity contribution in [3.05, 3.63) is 9.89 Å². The Hall–Kier alpha value is -1.28. The van der Waals surface area contributed by atoms with E-state index in [1.54, 1.807) is 11.7 Å². The topological polar surface area (TPSA) is 78.6 Å². The molecule has 2 aromatic heterocycles. The molecule has 0 aliphatic carbocycles. The number of aromatic nitrogens is 6. The molecule has 2 rings (SSSR count). The van der Waals surface area contributed by atoms with Crippen molar-refractivity contribution in [1.82, 2.24) is 29.9 Å². The fourth-order valence-corrected chi connectivity index (χ4v) is 1.92. The van der Waals surface area contributed by atoms with Crippen molar-refractivity contribution in [3.8, 4) is 17.5 Å². The molecule has 18 heavy (non-hydrogen) atoms. The first kappa shape index (κ1) is 13.2. The van der Waals surface area contributed by atoms with E-state index < -0.39 is 0 Å². The minimum atomic E-state index is 0.0687. The normalized spacial score (nSPS) is 10.7. The molecule has 96 valence electrons. The number of ether oxygens (including phenoxy) is 1. The van der Waals surface area contributed by atoms with Gasteiger partial charge in [-0.15, -0.1) is 5.10 Å². The summed E-state index contributed by atoms with van der Waals surface area (Å²) >= 11 is 9.12. The maximum absolute atomic E-state index is 5.84. The van der Waals surface area contributed by atoms with E-state index >= 15 is 0 Å². The third-order valence-electron chi connectivity index (χ3n) is 2.02. The van der Waals surface area contributed by atoms with Gasteiger partial charge in [0.05, 0.1) is 6.61 Å². The molecule has 0 spiro atoms. The summed E-state index contributed by atoms with van der Waals surface area (Å²) < 4.78 is 7.42. The Morgan fingerprint density at radius 3 is 2.72 bits per heavy atom. The van der Waals surface area contributed by atoms with Crippen molar-refractivity contribution in [1.29, 1.82) is 0 Å². The molecule has 0 saturated carbocycles. The smallest absolute Gasteiger partial charge is 0.321 e. The van der Waals surface area contributed by atoms with E-state index in [2.05, 4.69) is 41.2 Å². The second-order valence-corrected chi connectivity index (χ2v) is 4.50. The number of hydrogen-bond acceptors (Lipinski definition) is 6. The Morgan fingerprint density at radius 2 is 2.11 bits per heavy atom. The number of rotatable bonds is 4. The van der Waals surface area contributed by atoms with Gasteiger partial charge >= 0.3 is 6.01 Å². The van der Waals surface area contributed by atoms with Crippen molar-refractivity contribution in [2.75, 3.05) is 6.61 Å². The van der Waals surface area contributed by atoms with E-state index in [4.69, 9.17) is 16.3 Å². The summed E-state index contributed by atoms with van der Waals surface area (Å²) in [7, 11) is 1.73. The van der Waals surface area contributed by atoms with E-state index in [1.165, 1.54) is 0 Å². The molecule has 0 aliphatic heterocycles. The molecule has 0 amide bonds. The van der Waals surface area contributed by atoms with Crippen LogP contribution in [0.5, 0.6) is 6.01 Å². The van der Waals surface area contributed by atoms with Crippen LogP contribution in [-0.4, -0.2) is 36.6 Å². The summed E-state index contributed by atoms with van der Waals surface area (Å²) in [6.45, 7) is 2.51. The highest BCUT2D eigenvalue weighted by atomic mass is 79.9. The summed E-state index contributed by atoms with van der Waals surface area (Å²) in [5.74, 6) is 0.362. The Kier molecular flexibility index (Phi) is 4.07. The van der Waals surface area contributed by atoms with E-state index in [0.717, 1.165) is 6.42 Å². The number of nitrogens with zero attached hydrogens (tertiary/aromatic N) is 6. The zero-order valence-corrected chi connectivity index (χ0v) is 12.1. The van der Waals surface area contributed by atoms with E-state index in [9.17, 15) is 0 Å². The van der Waals surface area contributed by atoms with E-state index in [0.29, 0.717) is 22.7 Å². The minimum absolute atomic E-state index is 0.0687. The molecule has 0 bridgehead atoms. The second-order valence-electron chi connectivity index (χ2n) is 3.41. The standard InChI is InChI=1S/C9H10BrClN6O/c1-3-4-18-9-13-7(12-8(11)14-9)5-6(10)15-16-17(5)2/h3-4H2,1-2H3. The van der Waals surface area contributed by atoms with Gasteiger partial charge in [-0.3, -0.25) is 0 Å². The van der Waals surface area contributed by atoms with Crippen molar-refractivity contribution >= 4 is 27.5 Å². The Balaban J connectivity index is 2.42. The van der Waals surface area contributed by atoms with Crippen LogP contribution in [0.2, 0.25) is 5.28 Å². The van der Waals surface area contributed by atoms with Crippen LogP contribution in [0, 0.1) is 0 Å². The average molecular weight is 334 g/mol. The van der Waals surface area contributed by atoms with Gasteiger partial charge < -0.3 is 4.74 Å². The Labute approximate surface area is 117 Å². The van der Waals surface area contributed by atoms with E-state index in [1.807, 2.05) is 6.92 Å². The first-order chi connectivity index (χ1) is 8.61. The maximum atomic E-state index is 5.84. The molecule has 0 saturated heterocycles. The monoisotopic (exact) mass is 332 g/mol. The van der Waals surface area contributed by atoms with Crippen LogP contribution in [-0.2, 0) is 7.05 Å². The SMILES string of the molecule is CCCOc1nc(Cl)nc(-c2c(Br)nnn2C)n1. The van der Waals surface area contributed by atoms with Crippen molar-refractivity contribution < 1.29 is 4.74 Å². The first-order valence-electron chi connectivity index (χ1n) is 5.21. The molecule has 2 aromatic rings. The fourth-order valence-electron chi connectivity index (χ4n) is 1.26. The predicted octanol–water partition coefficient (Wildman–Crippen LogP) is 1.87. The minimum Gasteiger partial charge on any atom is -0.463 e. The molecule has 0 fully saturated rings. The largest absolute Gasteiger partial charge is 0.463 e. The molecule has 9 heteroatoms. The van der Waals surface area contributed by atoms with Crippen LogP contribution in [0.3, 0.4) is 0 Å². The lowest BCUT2D eigenvalue weighted by atomic mass is 10.4. The highest BCUT2D eigenvalue weighted by Crippen LogP contribution is 2.24. The third kappa shape index (κ3) is 2.75. The van der Waals surface area contributed by atoms with Gasteiger partial charge in [-0.2, -0.15) is 15.0 Å². The van der Waals surface area contributed by atoms with Crippen LogP contribution < -0.4 is 4.74 Å². The van der Waals surface area contributed by atoms with Gasteiger partial charge in [-0.05, 0) is 34.0 Å². The summed E-state index contributed by atoms with van der Waals surface area (Å²) in [6.07, 6.45) is 0.857. The highest BCUT2D eigenvalue weighted by Gasteiger charge is 2.16. The van der Waals surface area contributed by atoms with Gasteiger partial charge in [0.2, 0.25) is 5.28 Å². The Bertz CT molecular complexity index is 540. The highest BCUT2D eigenvalue weighted by molar-refractivity contribution is 9.10. The number of halogens is 2. The molecule has 0 atom stereocenters. The molecular formula is C9H10BrClN6O. The van der Waals surface area contributed by atoms with Crippen LogP contribution in [0.25, 0.3) is 11.5 Å². The van der Waals surface area contributed by atoms with Gasteiger partial charge in [0.15, 0.2) is 10.4 Å². The molecule has 0 unspecified atom stereocenters. The lowest BCUT2D eigenvalue weighted by molar-refractivity contribution is 0.291. The van der Waals surface area contributed by atoms with Gasteiger partial charge in [-0.1, -0.05) is 12.1 Å². The van der Waals surface area contributed by atoms with Crippen LogP contribution in [0.15, 0.2) is 4.60 Å². The summed E-state index contributed by atoms with van der Waals surface area (Å²) in [5, 5.41) is 7.78. The molecule has 0 aromatic carbocycles. The first-order valence-corrected chi connectivity index (χ1v) is 6.38. The fraction of sp³-hybridized carbons (Fsp3) is 0.444. The van der Waals surface area contributed by atoms with Crippen LogP contribution in [0.1, 0.15) is 13.3 Å². The van der Waals surface area contributed by atoms with Crippen LogP contribution in [0.4, 0.5) is 0 Å². The van der Waals surface area contributed by atoms with Gasteiger partial charge in [0, 0.05) is 7.05 Å². The van der Waals surface area contributed by atoms with Gasteiger partial charge in [-0.25, -0.2) is 4.68 Å². The average Bonchev–Trinajstić information content (AvgIpc) is 2.66.